The van der Waals surface area contributed by atoms with Crippen molar-refractivity contribution in [1.29, 1.82) is 0 Å². The van der Waals surface area contributed by atoms with Crippen LogP contribution in [0.3, 0.4) is 0 Å². The fourth-order valence-corrected chi connectivity index (χ4v) is 1.93. The Labute approximate surface area is 137 Å². The number of thiocarbonyl (C=S) groups is 1. The fourth-order valence-electron chi connectivity index (χ4n) is 1.79. The largest absolute Gasteiger partial charge is 0.299 e. The number of carbonyl (C=O) groups is 1. The fraction of sp³-hybridized carbons (Fsp3) is 0.0667. The van der Waals surface area contributed by atoms with E-state index in [1.165, 1.54) is 24.3 Å². The molecule has 3 N–H and O–H groups in total. The highest BCUT2D eigenvalue weighted by Gasteiger charge is 2.08. The molecule has 8 heteroatoms. The smallest absolute Gasteiger partial charge is 0.269 e. The van der Waals surface area contributed by atoms with E-state index in [9.17, 15) is 14.9 Å². The molecule has 0 unspecified atom stereocenters. The maximum atomic E-state index is 12.0. The Balaban J connectivity index is 1.87. The third-order valence-corrected chi connectivity index (χ3v) is 3.11. The molecule has 0 fully saturated rings. The zero-order valence-electron chi connectivity index (χ0n) is 12.2. The van der Waals surface area contributed by atoms with E-state index in [1.54, 1.807) is 18.2 Å². The molecule has 0 bridgehead atoms. The molecule has 2 aromatic rings. The Morgan fingerprint density at radius 3 is 2.48 bits per heavy atom. The third kappa shape index (κ3) is 4.75. The Morgan fingerprint density at radius 2 is 1.87 bits per heavy atom. The van der Waals surface area contributed by atoms with Crippen LogP contribution in [-0.4, -0.2) is 15.9 Å². The summed E-state index contributed by atoms with van der Waals surface area (Å²) in [5.41, 5.74) is 7.43. The van der Waals surface area contributed by atoms with Crippen LogP contribution in [0.5, 0.6) is 0 Å². The van der Waals surface area contributed by atoms with Crippen LogP contribution in [0.4, 0.5) is 11.4 Å². The van der Waals surface area contributed by atoms with Gasteiger partial charge in [-0.1, -0.05) is 17.7 Å². The SMILES string of the molecule is Cc1cccc(C(=O)NC(=S)NNc2ccc([N+](=O)[O-])cc2)c1. The van der Waals surface area contributed by atoms with Gasteiger partial charge in [0.2, 0.25) is 0 Å². The van der Waals surface area contributed by atoms with Crippen molar-refractivity contribution in [2.24, 2.45) is 0 Å². The molecule has 0 aromatic heterocycles. The number of nitrogens with one attached hydrogen (secondary N) is 3. The number of rotatable bonds is 4. The normalized spacial score (nSPS) is 9.78. The predicted molar refractivity (Wildman–Crippen MR) is 91.1 cm³/mol. The van der Waals surface area contributed by atoms with Gasteiger partial charge in [-0.15, -0.1) is 0 Å². The van der Waals surface area contributed by atoms with Gasteiger partial charge in [0.1, 0.15) is 0 Å². The van der Waals surface area contributed by atoms with Crippen molar-refractivity contribution in [3.05, 3.63) is 69.8 Å². The van der Waals surface area contributed by atoms with E-state index in [0.29, 0.717) is 11.3 Å². The summed E-state index contributed by atoms with van der Waals surface area (Å²) in [6.45, 7) is 1.89. The van der Waals surface area contributed by atoms with E-state index in [4.69, 9.17) is 12.2 Å². The van der Waals surface area contributed by atoms with Gasteiger partial charge in [-0.2, -0.15) is 0 Å². The van der Waals surface area contributed by atoms with Gasteiger partial charge in [0.25, 0.3) is 11.6 Å². The second-order valence-electron chi connectivity index (χ2n) is 4.71. The second kappa shape index (κ2) is 7.32. The number of hydrogen-bond acceptors (Lipinski definition) is 5. The second-order valence-corrected chi connectivity index (χ2v) is 5.11. The van der Waals surface area contributed by atoms with Crippen molar-refractivity contribution < 1.29 is 9.72 Å². The Hall–Kier alpha value is -3.00. The minimum Gasteiger partial charge on any atom is -0.299 e. The van der Waals surface area contributed by atoms with Crippen molar-refractivity contribution in [3.63, 3.8) is 0 Å². The zero-order valence-corrected chi connectivity index (χ0v) is 13.0. The molecule has 118 valence electrons. The maximum Gasteiger partial charge on any atom is 0.269 e. The van der Waals surface area contributed by atoms with Gasteiger partial charge in [0.15, 0.2) is 5.11 Å². The number of hydrazine groups is 1. The van der Waals surface area contributed by atoms with Gasteiger partial charge >= 0.3 is 0 Å². The Morgan fingerprint density at radius 1 is 1.17 bits per heavy atom. The van der Waals surface area contributed by atoms with Crippen LogP contribution in [0.1, 0.15) is 15.9 Å². The maximum absolute atomic E-state index is 12.0. The highest BCUT2D eigenvalue weighted by Crippen LogP contribution is 2.14. The highest BCUT2D eigenvalue weighted by atomic mass is 32.1. The first-order valence-corrected chi connectivity index (χ1v) is 7.05. The van der Waals surface area contributed by atoms with Crippen LogP contribution in [0.2, 0.25) is 0 Å². The molecule has 0 radical (unpaired) electrons. The van der Waals surface area contributed by atoms with Gasteiger partial charge in [-0.05, 0) is 43.4 Å². The monoisotopic (exact) mass is 330 g/mol. The van der Waals surface area contributed by atoms with Crippen molar-refractivity contribution in [3.8, 4) is 0 Å². The van der Waals surface area contributed by atoms with E-state index < -0.39 is 4.92 Å². The summed E-state index contributed by atoms with van der Waals surface area (Å²) in [7, 11) is 0. The van der Waals surface area contributed by atoms with Gasteiger partial charge in [0.05, 0.1) is 10.6 Å². The molecular weight excluding hydrogens is 316 g/mol. The number of nitro benzene ring substituents is 1. The summed E-state index contributed by atoms with van der Waals surface area (Å²) in [6.07, 6.45) is 0. The van der Waals surface area contributed by atoms with Crippen LogP contribution < -0.4 is 16.2 Å². The number of non-ortho nitro benzene ring substituents is 1. The summed E-state index contributed by atoms with van der Waals surface area (Å²) in [4.78, 5) is 22.1. The van der Waals surface area contributed by atoms with Gasteiger partial charge in [0, 0.05) is 17.7 Å². The number of anilines is 1. The number of carbonyl (C=O) groups excluding carboxylic acids is 1. The van der Waals surface area contributed by atoms with E-state index in [0.717, 1.165) is 5.56 Å². The Bertz CT molecular complexity index is 747. The first-order valence-electron chi connectivity index (χ1n) is 6.64. The topological polar surface area (TPSA) is 96.3 Å². The third-order valence-electron chi connectivity index (χ3n) is 2.91. The standard InChI is InChI=1S/C15H14N4O3S/c1-10-3-2-4-11(9-10)14(20)16-15(23)18-17-12-5-7-13(8-6-12)19(21)22/h2-9,17H,1H3,(H2,16,18,20,23). The molecule has 0 aliphatic rings. The molecule has 7 nitrogen and oxygen atoms in total. The molecule has 0 saturated carbocycles. The zero-order chi connectivity index (χ0) is 16.8. The molecule has 0 heterocycles. The Kier molecular flexibility index (Phi) is 5.21. The average Bonchev–Trinajstić information content (AvgIpc) is 2.53. The minimum atomic E-state index is -0.482. The number of amides is 1. The summed E-state index contributed by atoms with van der Waals surface area (Å²) in [6, 6.07) is 12.9. The number of hydrogen-bond donors (Lipinski definition) is 3. The first-order chi connectivity index (χ1) is 11.0. The van der Waals surface area contributed by atoms with Crippen LogP contribution in [0.25, 0.3) is 0 Å². The summed E-state index contributed by atoms with van der Waals surface area (Å²) in [5.74, 6) is -0.323. The van der Waals surface area contributed by atoms with Gasteiger partial charge in [-0.25, -0.2) is 0 Å². The van der Waals surface area contributed by atoms with Crippen LogP contribution in [-0.2, 0) is 0 Å². The van der Waals surface area contributed by atoms with E-state index in [1.807, 2.05) is 13.0 Å². The van der Waals surface area contributed by atoms with Crippen molar-refractivity contribution in [2.75, 3.05) is 5.43 Å². The number of nitro groups is 1. The summed E-state index contributed by atoms with van der Waals surface area (Å²) >= 11 is 5.02. The molecule has 2 aromatic carbocycles. The van der Waals surface area contributed by atoms with Crippen LogP contribution in [0, 0.1) is 17.0 Å². The lowest BCUT2D eigenvalue weighted by Gasteiger charge is -2.11. The number of aryl methyl sites for hydroxylation is 1. The average molecular weight is 330 g/mol. The van der Waals surface area contributed by atoms with Crippen molar-refractivity contribution >= 4 is 34.6 Å². The summed E-state index contributed by atoms with van der Waals surface area (Å²) < 4.78 is 0. The number of benzene rings is 2. The quantitative estimate of drug-likeness (QED) is 0.453. The van der Waals surface area contributed by atoms with Crippen molar-refractivity contribution in [1.82, 2.24) is 10.7 Å². The number of nitrogens with zero attached hydrogens (tertiary/aromatic N) is 1. The van der Waals surface area contributed by atoms with Crippen molar-refractivity contribution in [2.45, 2.75) is 6.92 Å². The lowest BCUT2D eigenvalue weighted by molar-refractivity contribution is -0.384. The van der Waals surface area contributed by atoms with E-state index in [-0.39, 0.29) is 16.7 Å². The highest BCUT2D eigenvalue weighted by molar-refractivity contribution is 7.80. The molecule has 2 rings (SSSR count). The molecule has 0 spiro atoms. The predicted octanol–water partition coefficient (Wildman–Crippen LogP) is 2.53. The molecule has 0 aliphatic carbocycles. The summed E-state index contributed by atoms with van der Waals surface area (Å²) in [5, 5.41) is 13.2. The van der Waals surface area contributed by atoms with Gasteiger partial charge in [-0.3, -0.25) is 31.1 Å². The minimum absolute atomic E-state index is 0.00845. The molecule has 23 heavy (non-hydrogen) atoms. The van der Waals surface area contributed by atoms with E-state index in [2.05, 4.69) is 16.2 Å². The lowest BCUT2D eigenvalue weighted by Crippen LogP contribution is -2.41. The van der Waals surface area contributed by atoms with Crippen LogP contribution in [0.15, 0.2) is 48.5 Å². The first kappa shape index (κ1) is 16.4. The molecule has 0 saturated heterocycles. The van der Waals surface area contributed by atoms with Crippen LogP contribution >= 0.6 is 12.2 Å². The van der Waals surface area contributed by atoms with Gasteiger partial charge < -0.3 is 0 Å². The van der Waals surface area contributed by atoms with E-state index >= 15 is 0 Å². The lowest BCUT2D eigenvalue weighted by atomic mass is 10.1. The molecule has 1 amide bonds. The molecular formula is C15H14N4O3S. The molecule has 0 atom stereocenters. The molecule has 0 aliphatic heterocycles.